The zero-order valence-corrected chi connectivity index (χ0v) is 18.7. The quantitative estimate of drug-likeness (QED) is 0.231. The zero-order valence-electron chi connectivity index (χ0n) is 18.7. The number of fused-ring (bicyclic) bond motifs is 13. The van der Waals surface area contributed by atoms with Crippen molar-refractivity contribution in [3.63, 3.8) is 0 Å². The third kappa shape index (κ3) is 1.94. The highest BCUT2D eigenvalue weighted by Crippen LogP contribution is 2.50. The molecule has 0 amide bonds. The first kappa shape index (κ1) is 17.4. The number of hydrogen-bond donors (Lipinski definition) is 0. The van der Waals surface area contributed by atoms with E-state index in [1.54, 1.807) is 0 Å². The van der Waals surface area contributed by atoms with Crippen molar-refractivity contribution >= 4 is 21.8 Å². The van der Waals surface area contributed by atoms with Crippen LogP contribution in [0.1, 0.15) is 33.4 Å². The van der Waals surface area contributed by atoms with Gasteiger partial charge in [0.1, 0.15) is 0 Å². The lowest BCUT2D eigenvalue weighted by Gasteiger charge is -2.25. The minimum Gasteiger partial charge on any atom is -0.309 e. The van der Waals surface area contributed by atoms with Gasteiger partial charge in [-0.3, -0.25) is 0 Å². The van der Waals surface area contributed by atoms with E-state index in [-0.39, 0.29) is 0 Å². The van der Waals surface area contributed by atoms with Crippen LogP contribution in [0.4, 0.5) is 0 Å². The van der Waals surface area contributed by atoms with Crippen LogP contribution < -0.4 is 0 Å². The van der Waals surface area contributed by atoms with Gasteiger partial charge in [-0.15, -0.1) is 0 Å². The Labute approximate surface area is 197 Å². The molecule has 0 atom stereocenters. The Hall–Kier alpha value is -4.10. The molecule has 1 aromatic heterocycles. The molecule has 0 spiro atoms. The number of benzene rings is 5. The molecule has 1 nitrogen and oxygen atoms in total. The van der Waals surface area contributed by atoms with Crippen molar-refractivity contribution in [1.29, 1.82) is 0 Å². The predicted octanol–water partition coefficient (Wildman–Crippen LogP) is 7.83. The van der Waals surface area contributed by atoms with Gasteiger partial charge in [0.2, 0.25) is 0 Å². The van der Waals surface area contributed by atoms with E-state index >= 15 is 0 Å². The van der Waals surface area contributed by atoms with Crippen LogP contribution in [0.25, 0.3) is 49.7 Å². The van der Waals surface area contributed by atoms with E-state index < -0.39 is 0 Å². The van der Waals surface area contributed by atoms with Crippen LogP contribution in [0.2, 0.25) is 0 Å². The smallest absolute Gasteiger partial charge is 0.0582 e. The topological polar surface area (TPSA) is 4.93 Å². The summed E-state index contributed by atoms with van der Waals surface area (Å²) in [6, 6.07) is 34.2. The summed E-state index contributed by atoms with van der Waals surface area (Å²) in [5.74, 6) is 0. The molecule has 2 heterocycles. The maximum atomic E-state index is 2.57. The minimum atomic E-state index is 1.01. The zero-order chi connectivity index (χ0) is 22.0. The molecule has 0 N–H and O–H groups in total. The SMILES string of the molecule is c1ccc2c(c1)Cc1c-2ccc2c1Cc1c3c(cc4c5ccccc5n-2c14)Cc1ccccc1-3. The highest BCUT2D eigenvalue weighted by molar-refractivity contribution is 6.13. The van der Waals surface area contributed by atoms with Gasteiger partial charge in [-0.2, -0.15) is 0 Å². The lowest BCUT2D eigenvalue weighted by atomic mass is 9.86. The highest BCUT2D eigenvalue weighted by Gasteiger charge is 2.32. The molecule has 1 aliphatic heterocycles. The van der Waals surface area contributed by atoms with E-state index in [0.29, 0.717) is 0 Å². The highest BCUT2D eigenvalue weighted by atomic mass is 15.0. The van der Waals surface area contributed by atoms with Crippen LogP contribution >= 0.6 is 0 Å². The second-order valence-corrected chi connectivity index (χ2v) is 10.1. The van der Waals surface area contributed by atoms with Crippen LogP contribution in [-0.2, 0) is 19.3 Å². The average molecular weight is 432 g/mol. The molecule has 2 aliphatic carbocycles. The fourth-order valence-electron chi connectivity index (χ4n) is 7.13. The van der Waals surface area contributed by atoms with E-state index in [1.165, 1.54) is 83.1 Å². The normalized spacial score (nSPS) is 14.1. The van der Waals surface area contributed by atoms with Gasteiger partial charge in [0, 0.05) is 17.2 Å². The Balaban J connectivity index is 1.45. The number of para-hydroxylation sites is 1. The van der Waals surface area contributed by atoms with Crippen LogP contribution in [0.15, 0.2) is 91.0 Å². The summed E-state index contributed by atoms with van der Waals surface area (Å²) in [7, 11) is 0. The van der Waals surface area contributed by atoms with Gasteiger partial charge in [-0.05, 0) is 86.7 Å². The molecule has 6 aromatic rings. The van der Waals surface area contributed by atoms with Crippen LogP contribution in [0.3, 0.4) is 0 Å². The van der Waals surface area contributed by atoms with Crippen LogP contribution in [-0.4, -0.2) is 4.57 Å². The van der Waals surface area contributed by atoms with E-state index in [4.69, 9.17) is 0 Å². The van der Waals surface area contributed by atoms with Crippen molar-refractivity contribution in [3.8, 4) is 27.9 Å². The standard InChI is InChI=1S/C33H21N/c1-3-9-22-20(8-1)16-26-24(22)13-14-31-27(26)18-29-32-21(15-19-7-2-4-10-23(19)32)17-28-25-11-5-6-12-30(25)34(31)33(28)29/h1-14,17H,15-16,18H2. The Morgan fingerprint density at radius 1 is 0.500 bits per heavy atom. The van der Waals surface area contributed by atoms with E-state index in [9.17, 15) is 0 Å². The van der Waals surface area contributed by atoms with Crippen molar-refractivity contribution in [1.82, 2.24) is 4.57 Å². The molecule has 3 aliphatic rings. The van der Waals surface area contributed by atoms with E-state index in [0.717, 1.165) is 19.3 Å². The summed E-state index contributed by atoms with van der Waals surface area (Å²) in [5.41, 5.74) is 18.9. The summed E-state index contributed by atoms with van der Waals surface area (Å²) in [4.78, 5) is 0. The monoisotopic (exact) mass is 431 g/mol. The summed E-state index contributed by atoms with van der Waals surface area (Å²) in [6.07, 6.45) is 3.09. The fraction of sp³-hybridized carbons (Fsp3) is 0.0909. The van der Waals surface area contributed by atoms with E-state index in [2.05, 4.69) is 95.6 Å². The molecule has 34 heavy (non-hydrogen) atoms. The Morgan fingerprint density at radius 2 is 1.26 bits per heavy atom. The van der Waals surface area contributed by atoms with Gasteiger partial charge in [0.05, 0.1) is 16.7 Å². The second kappa shape index (κ2) is 5.87. The fourth-order valence-corrected chi connectivity index (χ4v) is 7.13. The maximum absolute atomic E-state index is 2.57. The van der Waals surface area contributed by atoms with Gasteiger partial charge in [-0.25, -0.2) is 0 Å². The minimum absolute atomic E-state index is 1.01. The molecule has 9 rings (SSSR count). The van der Waals surface area contributed by atoms with Crippen LogP contribution in [0, 0.1) is 0 Å². The maximum Gasteiger partial charge on any atom is 0.0582 e. The van der Waals surface area contributed by atoms with Crippen molar-refractivity contribution in [2.75, 3.05) is 0 Å². The molecule has 158 valence electrons. The first-order valence-electron chi connectivity index (χ1n) is 12.3. The molecule has 5 aromatic carbocycles. The lowest BCUT2D eigenvalue weighted by Crippen LogP contribution is -2.12. The molecule has 0 unspecified atom stereocenters. The molecule has 0 saturated carbocycles. The number of hydrogen-bond acceptors (Lipinski definition) is 0. The summed E-state index contributed by atoms with van der Waals surface area (Å²) >= 11 is 0. The Bertz CT molecular complexity index is 1880. The van der Waals surface area contributed by atoms with Gasteiger partial charge in [-0.1, -0.05) is 72.8 Å². The first-order valence-corrected chi connectivity index (χ1v) is 12.3. The molecule has 0 bridgehead atoms. The molecule has 0 radical (unpaired) electrons. The Kier molecular flexibility index (Phi) is 3.00. The largest absolute Gasteiger partial charge is 0.309 e. The van der Waals surface area contributed by atoms with Crippen molar-refractivity contribution in [2.24, 2.45) is 0 Å². The average Bonchev–Trinajstić information content (AvgIpc) is 3.55. The second-order valence-electron chi connectivity index (χ2n) is 10.1. The summed E-state index contributed by atoms with van der Waals surface area (Å²) in [5, 5.41) is 2.78. The predicted molar refractivity (Wildman–Crippen MR) is 140 cm³/mol. The molecule has 0 fully saturated rings. The first-order chi connectivity index (χ1) is 16.9. The Morgan fingerprint density at radius 3 is 2.18 bits per heavy atom. The van der Waals surface area contributed by atoms with Gasteiger partial charge >= 0.3 is 0 Å². The molecule has 0 saturated heterocycles. The summed E-state index contributed by atoms with van der Waals surface area (Å²) < 4.78 is 2.57. The van der Waals surface area contributed by atoms with Crippen molar-refractivity contribution in [2.45, 2.75) is 19.3 Å². The molecular formula is C33H21N. The van der Waals surface area contributed by atoms with Crippen molar-refractivity contribution < 1.29 is 0 Å². The molecule has 1 heteroatoms. The third-order valence-corrected chi connectivity index (χ3v) is 8.48. The van der Waals surface area contributed by atoms with Crippen LogP contribution in [0.5, 0.6) is 0 Å². The molecular weight excluding hydrogens is 410 g/mol. The van der Waals surface area contributed by atoms with Gasteiger partial charge in [0.25, 0.3) is 0 Å². The van der Waals surface area contributed by atoms with Gasteiger partial charge in [0.15, 0.2) is 0 Å². The number of nitrogens with zero attached hydrogens (tertiary/aromatic N) is 1. The van der Waals surface area contributed by atoms with Gasteiger partial charge < -0.3 is 4.57 Å². The van der Waals surface area contributed by atoms with Crippen molar-refractivity contribution in [3.05, 3.63) is 124 Å². The summed E-state index contributed by atoms with van der Waals surface area (Å²) in [6.45, 7) is 0. The number of rotatable bonds is 0. The number of aromatic nitrogens is 1. The van der Waals surface area contributed by atoms with E-state index in [1.807, 2.05) is 0 Å². The lowest BCUT2D eigenvalue weighted by molar-refractivity contribution is 1.02. The third-order valence-electron chi connectivity index (χ3n) is 8.48.